The number of halogens is 2. The van der Waals surface area contributed by atoms with Crippen molar-refractivity contribution >= 4 is 46.3 Å². The highest BCUT2D eigenvalue weighted by atomic mass is 35.5. The zero-order valence-electron chi connectivity index (χ0n) is 18.7. The number of carboxylic acid groups (broad SMARTS) is 1. The first-order chi connectivity index (χ1) is 17.4. The van der Waals surface area contributed by atoms with E-state index in [1.165, 1.54) is 11.3 Å². The van der Waals surface area contributed by atoms with E-state index >= 15 is 0 Å². The van der Waals surface area contributed by atoms with Crippen LogP contribution in [0.3, 0.4) is 0 Å². The topological polar surface area (TPSA) is 85.7 Å². The van der Waals surface area contributed by atoms with Crippen LogP contribution in [0.2, 0.25) is 10.0 Å². The van der Waals surface area contributed by atoms with E-state index in [4.69, 9.17) is 32.7 Å². The van der Waals surface area contributed by atoms with Gasteiger partial charge in [-0.15, -0.1) is 11.3 Å². The van der Waals surface area contributed by atoms with Crippen LogP contribution in [-0.4, -0.2) is 28.4 Å². The fourth-order valence-corrected chi connectivity index (χ4v) is 5.08. The van der Waals surface area contributed by atoms with Gasteiger partial charge in [-0.3, -0.25) is 9.59 Å². The number of carbonyl (C=O) groups excluding carboxylic acids is 1. The standard InChI is InChI=1S/C27H19Cl2NO5S/c28-17-5-1-15(2-6-17)22-14-36-26(30-22)12-23(31)16-3-7-18(8-4-16)35-25-13-24-20(11-21(25)29)19(27(32)33)9-10-34-24/h1-8,11,13-14,19H,9-10,12H2,(H,32,33). The van der Waals surface area contributed by atoms with Gasteiger partial charge in [-0.2, -0.15) is 0 Å². The average Bonchev–Trinajstić information content (AvgIpc) is 3.33. The molecule has 1 unspecified atom stereocenters. The molecule has 0 amide bonds. The summed E-state index contributed by atoms with van der Waals surface area (Å²) in [5.41, 5.74) is 2.83. The van der Waals surface area contributed by atoms with Crippen molar-refractivity contribution < 1.29 is 24.2 Å². The highest BCUT2D eigenvalue weighted by molar-refractivity contribution is 7.10. The third-order valence-electron chi connectivity index (χ3n) is 5.81. The van der Waals surface area contributed by atoms with Crippen molar-refractivity contribution in [2.24, 2.45) is 0 Å². The van der Waals surface area contributed by atoms with Crippen molar-refractivity contribution in [2.45, 2.75) is 18.8 Å². The van der Waals surface area contributed by atoms with E-state index in [0.29, 0.717) is 46.4 Å². The van der Waals surface area contributed by atoms with Gasteiger partial charge in [-0.25, -0.2) is 4.98 Å². The largest absolute Gasteiger partial charge is 0.493 e. The maximum Gasteiger partial charge on any atom is 0.311 e. The van der Waals surface area contributed by atoms with Crippen LogP contribution in [0.4, 0.5) is 0 Å². The third-order valence-corrected chi connectivity index (χ3v) is 7.21. The number of carboxylic acids is 1. The van der Waals surface area contributed by atoms with Gasteiger partial charge in [0.15, 0.2) is 5.78 Å². The molecule has 0 spiro atoms. The first-order valence-corrected chi connectivity index (χ1v) is 12.7. The Hall–Kier alpha value is -3.39. The summed E-state index contributed by atoms with van der Waals surface area (Å²) in [6.07, 6.45) is 0.578. The highest BCUT2D eigenvalue weighted by Crippen LogP contribution is 2.41. The zero-order valence-corrected chi connectivity index (χ0v) is 21.1. The monoisotopic (exact) mass is 539 g/mol. The Labute approximate surface area is 221 Å². The summed E-state index contributed by atoms with van der Waals surface area (Å²) >= 11 is 13.8. The molecule has 1 N–H and O–H groups in total. The molecule has 1 aliphatic rings. The van der Waals surface area contributed by atoms with Crippen LogP contribution in [0, 0.1) is 0 Å². The van der Waals surface area contributed by atoms with Crippen molar-refractivity contribution in [1.82, 2.24) is 4.98 Å². The lowest BCUT2D eigenvalue weighted by Gasteiger charge is -2.24. The molecule has 4 aromatic rings. The number of hydrogen-bond donors (Lipinski definition) is 1. The molecule has 0 fully saturated rings. The van der Waals surface area contributed by atoms with Crippen LogP contribution in [0.25, 0.3) is 11.3 Å². The molecule has 2 heterocycles. The molecule has 9 heteroatoms. The number of Topliss-reactive ketones (excluding diaryl/α,β-unsaturated/α-hetero) is 1. The molecule has 5 rings (SSSR count). The number of ether oxygens (including phenoxy) is 2. The lowest BCUT2D eigenvalue weighted by atomic mass is 9.93. The van der Waals surface area contributed by atoms with E-state index < -0.39 is 11.9 Å². The third kappa shape index (κ3) is 5.23. The summed E-state index contributed by atoms with van der Waals surface area (Å²) in [6.45, 7) is 0.308. The molecular weight excluding hydrogens is 521 g/mol. The Bertz CT molecular complexity index is 1430. The predicted octanol–water partition coefficient (Wildman–Crippen LogP) is 7.29. The fourth-order valence-electron chi connectivity index (χ4n) is 3.94. The first-order valence-electron chi connectivity index (χ1n) is 11.1. The summed E-state index contributed by atoms with van der Waals surface area (Å²) < 4.78 is 11.5. The predicted molar refractivity (Wildman–Crippen MR) is 139 cm³/mol. The molecule has 1 aromatic heterocycles. The molecule has 0 saturated carbocycles. The van der Waals surface area contributed by atoms with Crippen LogP contribution in [0.5, 0.6) is 17.2 Å². The molecule has 3 aromatic carbocycles. The van der Waals surface area contributed by atoms with Gasteiger partial charge in [0.05, 0.1) is 29.7 Å². The second-order valence-corrected chi connectivity index (χ2v) is 9.99. The Morgan fingerprint density at radius 1 is 1.08 bits per heavy atom. The average molecular weight is 540 g/mol. The van der Waals surface area contributed by atoms with E-state index in [9.17, 15) is 14.7 Å². The molecule has 0 aliphatic carbocycles. The maximum atomic E-state index is 12.8. The smallest absolute Gasteiger partial charge is 0.311 e. The number of nitrogens with zero attached hydrogens (tertiary/aromatic N) is 1. The summed E-state index contributed by atoms with van der Waals surface area (Å²) in [4.78, 5) is 28.9. The molecule has 0 radical (unpaired) electrons. The van der Waals surface area contributed by atoms with Crippen molar-refractivity contribution in [3.8, 4) is 28.5 Å². The molecule has 182 valence electrons. The second-order valence-electron chi connectivity index (χ2n) is 8.21. The summed E-state index contributed by atoms with van der Waals surface area (Å²) in [5, 5.41) is 13.0. The molecule has 6 nitrogen and oxygen atoms in total. The Morgan fingerprint density at radius 2 is 1.83 bits per heavy atom. The van der Waals surface area contributed by atoms with Gasteiger partial charge in [-0.05, 0) is 48.9 Å². The maximum absolute atomic E-state index is 12.8. The zero-order chi connectivity index (χ0) is 25.2. The van der Waals surface area contributed by atoms with E-state index in [1.807, 2.05) is 29.6 Å². The summed E-state index contributed by atoms with van der Waals surface area (Å²) in [5.74, 6) is -0.356. The molecule has 1 atom stereocenters. The van der Waals surface area contributed by atoms with Crippen LogP contribution in [-0.2, 0) is 11.2 Å². The highest BCUT2D eigenvalue weighted by Gasteiger charge is 2.29. The van der Waals surface area contributed by atoms with Crippen LogP contribution in [0.15, 0.2) is 66.0 Å². The van der Waals surface area contributed by atoms with Gasteiger partial charge in [0.25, 0.3) is 0 Å². The minimum atomic E-state index is -0.913. The minimum absolute atomic E-state index is 0.0570. The minimum Gasteiger partial charge on any atom is -0.493 e. The fraction of sp³-hybridized carbons (Fsp3) is 0.148. The van der Waals surface area contributed by atoms with Gasteiger partial charge < -0.3 is 14.6 Å². The number of fused-ring (bicyclic) bond motifs is 1. The van der Waals surface area contributed by atoms with E-state index in [1.54, 1.807) is 36.4 Å². The van der Waals surface area contributed by atoms with Crippen molar-refractivity contribution in [2.75, 3.05) is 6.61 Å². The van der Waals surface area contributed by atoms with Crippen LogP contribution >= 0.6 is 34.5 Å². The number of aromatic nitrogens is 1. The summed E-state index contributed by atoms with van der Waals surface area (Å²) in [7, 11) is 0. The van der Waals surface area contributed by atoms with Crippen molar-refractivity contribution in [3.63, 3.8) is 0 Å². The Morgan fingerprint density at radius 3 is 2.56 bits per heavy atom. The van der Waals surface area contributed by atoms with Crippen molar-refractivity contribution in [3.05, 3.63) is 92.2 Å². The first kappa shape index (κ1) is 24.3. The Kier molecular flexibility index (Phi) is 6.96. The van der Waals surface area contributed by atoms with Gasteiger partial charge in [-0.1, -0.05) is 35.3 Å². The SMILES string of the molecule is O=C(Cc1nc(-c2ccc(Cl)cc2)cs1)c1ccc(Oc2cc3c(cc2Cl)C(C(=O)O)CCO3)cc1. The Balaban J connectivity index is 1.26. The molecule has 0 bridgehead atoms. The second kappa shape index (κ2) is 10.3. The van der Waals surface area contributed by atoms with Gasteiger partial charge in [0.2, 0.25) is 0 Å². The van der Waals surface area contributed by atoms with Gasteiger partial charge in [0, 0.05) is 33.2 Å². The molecule has 36 heavy (non-hydrogen) atoms. The lowest BCUT2D eigenvalue weighted by molar-refractivity contribution is -0.139. The van der Waals surface area contributed by atoms with Crippen LogP contribution < -0.4 is 9.47 Å². The van der Waals surface area contributed by atoms with E-state index in [0.717, 1.165) is 16.3 Å². The summed E-state index contributed by atoms with van der Waals surface area (Å²) in [6, 6.07) is 17.3. The van der Waals surface area contributed by atoms with Crippen LogP contribution in [0.1, 0.15) is 33.3 Å². The van der Waals surface area contributed by atoms with E-state index in [2.05, 4.69) is 4.98 Å². The number of aliphatic carboxylic acids is 1. The number of thiazole rings is 1. The normalized spacial score (nSPS) is 14.6. The quantitative estimate of drug-likeness (QED) is 0.248. The lowest BCUT2D eigenvalue weighted by Crippen LogP contribution is -2.20. The molecular formula is C27H19Cl2NO5S. The molecule has 1 aliphatic heterocycles. The number of benzene rings is 3. The number of carbonyl (C=O) groups is 2. The number of ketones is 1. The van der Waals surface area contributed by atoms with E-state index in [-0.39, 0.29) is 17.2 Å². The number of hydrogen-bond acceptors (Lipinski definition) is 6. The van der Waals surface area contributed by atoms with Crippen molar-refractivity contribution in [1.29, 1.82) is 0 Å². The van der Waals surface area contributed by atoms with Gasteiger partial charge >= 0.3 is 5.97 Å². The number of rotatable bonds is 7. The molecule has 0 saturated heterocycles. The van der Waals surface area contributed by atoms with Gasteiger partial charge in [0.1, 0.15) is 22.3 Å².